The number of rotatable bonds is 5. The minimum atomic E-state index is 0. The van der Waals surface area contributed by atoms with Crippen LogP contribution in [0, 0.1) is 11.3 Å². The first-order valence-electron chi connectivity index (χ1n) is 9.58. The summed E-state index contributed by atoms with van der Waals surface area (Å²) in [5, 5.41) is 21.2. The lowest BCUT2D eigenvalue weighted by molar-refractivity contribution is 0.242. The molecule has 2 heterocycles. The molecule has 0 saturated carbocycles. The number of para-hydroxylation sites is 1. The van der Waals surface area contributed by atoms with Crippen molar-refractivity contribution in [2.75, 3.05) is 26.2 Å². The molecule has 1 saturated heterocycles. The fraction of sp³-hybridized carbons (Fsp3) is 0.333. The minimum absolute atomic E-state index is 0. The quantitative estimate of drug-likeness (QED) is 0.501. The van der Waals surface area contributed by atoms with Crippen molar-refractivity contribution < 1.29 is 0 Å². The van der Waals surface area contributed by atoms with Crippen LogP contribution in [0.2, 0.25) is 0 Å². The molecule has 1 aromatic heterocycles. The van der Waals surface area contributed by atoms with Crippen LogP contribution in [-0.2, 0) is 13.1 Å². The van der Waals surface area contributed by atoms with E-state index in [-0.39, 0.29) is 24.0 Å². The Bertz CT molecular complexity index is 934. The van der Waals surface area contributed by atoms with Gasteiger partial charge in [0, 0.05) is 19.6 Å². The lowest BCUT2D eigenvalue weighted by Gasteiger charge is -2.21. The van der Waals surface area contributed by atoms with Crippen LogP contribution in [0.25, 0.3) is 5.69 Å². The van der Waals surface area contributed by atoms with Crippen molar-refractivity contribution in [3.63, 3.8) is 0 Å². The van der Waals surface area contributed by atoms with Gasteiger partial charge in [-0.25, -0.2) is 0 Å². The molecular weight excluding hydrogens is 477 g/mol. The molecule has 0 unspecified atom stereocenters. The summed E-state index contributed by atoms with van der Waals surface area (Å²) in [4.78, 5) is 4.89. The van der Waals surface area contributed by atoms with Crippen molar-refractivity contribution >= 4 is 24.0 Å². The van der Waals surface area contributed by atoms with Gasteiger partial charge in [0.05, 0.1) is 23.9 Å². The van der Waals surface area contributed by atoms with E-state index in [1.165, 1.54) is 5.56 Å². The first-order chi connectivity index (χ1) is 13.8. The van der Waals surface area contributed by atoms with Crippen molar-refractivity contribution in [1.29, 1.82) is 5.26 Å². The lowest BCUT2D eigenvalue weighted by Crippen LogP contribution is -2.31. The molecule has 0 aliphatic carbocycles. The monoisotopic (exact) mass is 501 g/mol. The van der Waals surface area contributed by atoms with E-state index in [0.717, 1.165) is 57.2 Å². The number of hydrogen-bond donors (Lipinski definition) is 0. The van der Waals surface area contributed by atoms with Crippen molar-refractivity contribution in [3.8, 4) is 11.8 Å². The standard InChI is InChI=1S/C21H23N7.HI/c22-15-18-7-9-19(10-8-18)16-26-11-4-12-27(14-13-26)17-21-23-24-25-28(21)20-5-2-1-3-6-20;/h1-3,5-10H,4,11-14,16-17H2;1H. The topological polar surface area (TPSA) is 73.9 Å². The molecule has 29 heavy (non-hydrogen) atoms. The van der Waals surface area contributed by atoms with Gasteiger partial charge in [-0.3, -0.25) is 9.80 Å². The van der Waals surface area contributed by atoms with Crippen molar-refractivity contribution in [3.05, 3.63) is 71.5 Å². The zero-order valence-electron chi connectivity index (χ0n) is 16.2. The zero-order valence-corrected chi connectivity index (χ0v) is 18.5. The molecule has 1 aliphatic rings. The van der Waals surface area contributed by atoms with E-state index in [9.17, 15) is 0 Å². The number of aromatic nitrogens is 4. The second-order valence-electron chi connectivity index (χ2n) is 7.06. The average Bonchev–Trinajstić information content (AvgIpc) is 3.09. The number of nitrogens with zero attached hydrogens (tertiary/aromatic N) is 7. The van der Waals surface area contributed by atoms with Crippen molar-refractivity contribution in [2.24, 2.45) is 0 Å². The van der Waals surface area contributed by atoms with Crippen LogP contribution in [0.1, 0.15) is 23.4 Å². The van der Waals surface area contributed by atoms with E-state index in [2.05, 4.69) is 43.5 Å². The fourth-order valence-corrected chi connectivity index (χ4v) is 3.56. The van der Waals surface area contributed by atoms with Gasteiger partial charge in [0.25, 0.3) is 0 Å². The van der Waals surface area contributed by atoms with E-state index in [1.54, 1.807) is 0 Å². The molecule has 8 heteroatoms. The summed E-state index contributed by atoms with van der Waals surface area (Å²) in [6.45, 7) is 5.75. The van der Waals surface area contributed by atoms with Crippen LogP contribution in [0.4, 0.5) is 0 Å². The normalized spacial score (nSPS) is 15.3. The SMILES string of the molecule is I.N#Cc1ccc(CN2CCCN(Cc3nnnn3-c3ccccc3)CC2)cc1. The summed E-state index contributed by atoms with van der Waals surface area (Å²) in [6.07, 6.45) is 1.11. The molecule has 3 aromatic rings. The maximum atomic E-state index is 8.93. The van der Waals surface area contributed by atoms with Gasteiger partial charge in [0.2, 0.25) is 0 Å². The van der Waals surface area contributed by atoms with E-state index >= 15 is 0 Å². The molecule has 2 aromatic carbocycles. The van der Waals surface area contributed by atoms with E-state index < -0.39 is 0 Å². The van der Waals surface area contributed by atoms with Crippen LogP contribution in [0.3, 0.4) is 0 Å². The van der Waals surface area contributed by atoms with Gasteiger partial charge in [-0.1, -0.05) is 30.3 Å². The lowest BCUT2D eigenvalue weighted by atomic mass is 10.1. The predicted molar refractivity (Wildman–Crippen MR) is 121 cm³/mol. The first kappa shape index (κ1) is 21.4. The highest BCUT2D eigenvalue weighted by atomic mass is 127. The fourth-order valence-electron chi connectivity index (χ4n) is 3.56. The van der Waals surface area contributed by atoms with Gasteiger partial charge in [-0.05, 0) is 59.8 Å². The molecule has 7 nitrogen and oxygen atoms in total. The van der Waals surface area contributed by atoms with Gasteiger partial charge in [-0.15, -0.1) is 29.1 Å². The highest BCUT2D eigenvalue weighted by molar-refractivity contribution is 14.0. The third-order valence-corrected chi connectivity index (χ3v) is 5.07. The van der Waals surface area contributed by atoms with Gasteiger partial charge >= 0.3 is 0 Å². The molecule has 0 radical (unpaired) electrons. The summed E-state index contributed by atoms with van der Waals surface area (Å²) in [5.41, 5.74) is 2.95. The van der Waals surface area contributed by atoms with Gasteiger partial charge < -0.3 is 0 Å². The van der Waals surface area contributed by atoms with E-state index in [1.807, 2.05) is 47.1 Å². The third kappa shape index (κ3) is 5.59. The Kier molecular flexibility index (Phi) is 7.69. The largest absolute Gasteiger partial charge is 0.298 e. The number of benzene rings is 2. The molecular formula is C21H24IN7. The highest BCUT2D eigenvalue weighted by Gasteiger charge is 2.18. The molecule has 0 bridgehead atoms. The Hall–Kier alpha value is -2.35. The summed E-state index contributed by atoms with van der Waals surface area (Å²) in [5.74, 6) is 0.867. The molecule has 0 spiro atoms. The molecule has 0 N–H and O–H groups in total. The smallest absolute Gasteiger partial charge is 0.170 e. The van der Waals surface area contributed by atoms with Crippen LogP contribution in [0.15, 0.2) is 54.6 Å². The maximum absolute atomic E-state index is 8.93. The average molecular weight is 501 g/mol. The van der Waals surface area contributed by atoms with Gasteiger partial charge in [0.1, 0.15) is 0 Å². The van der Waals surface area contributed by atoms with Crippen molar-refractivity contribution in [1.82, 2.24) is 30.0 Å². The Labute approximate surface area is 187 Å². The van der Waals surface area contributed by atoms with Gasteiger partial charge in [0.15, 0.2) is 5.82 Å². The highest BCUT2D eigenvalue weighted by Crippen LogP contribution is 2.13. The third-order valence-electron chi connectivity index (χ3n) is 5.07. The molecule has 1 aliphatic heterocycles. The summed E-state index contributed by atoms with van der Waals surface area (Å²) >= 11 is 0. The Morgan fingerprint density at radius 1 is 0.862 bits per heavy atom. The molecule has 1 fully saturated rings. The molecule has 4 rings (SSSR count). The number of hydrogen-bond acceptors (Lipinski definition) is 6. The number of halogens is 1. The maximum Gasteiger partial charge on any atom is 0.170 e. The zero-order chi connectivity index (χ0) is 19.2. The summed E-state index contributed by atoms with van der Waals surface area (Å²) in [7, 11) is 0. The molecule has 0 atom stereocenters. The summed E-state index contributed by atoms with van der Waals surface area (Å²) in [6, 6.07) is 20.1. The second-order valence-corrected chi connectivity index (χ2v) is 7.06. The summed E-state index contributed by atoms with van der Waals surface area (Å²) < 4.78 is 1.82. The van der Waals surface area contributed by atoms with Crippen LogP contribution >= 0.6 is 24.0 Å². The van der Waals surface area contributed by atoms with E-state index in [4.69, 9.17) is 5.26 Å². The van der Waals surface area contributed by atoms with Gasteiger partial charge in [-0.2, -0.15) is 9.94 Å². The van der Waals surface area contributed by atoms with Crippen molar-refractivity contribution in [2.45, 2.75) is 19.5 Å². The second kappa shape index (κ2) is 10.4. The van der Waals surface area contributed by atoms with E-state index in [0.29, 0.717) is 5.56 Å². The van der Waals surface area contributed by atoms with Crippen LogP contribution < -0.4 is 0 Å². The Morgan fingerprint density at radius 2 is 1.55 bits per heavy atom. The molecule has 150 valence electrons. The Morgan fingerprint density at radius 3 is 2.24 bits per heavy atom. The minimum Gasteiger partial charge on any atom is -0.298 e. The Balaban J connectivity index is 0.00000240. The molecule has 0 amide bonds. The van der Waals surface area contributed by atoms with Crippen LogP contribution in [0.5, 0.6) is 0 Å². The predicted octanol–water partition coefficient (Wildman–Crippen LogP) is 2.86. The number of tetrazole rings is 1. The first-order valence-corrected chi connectivity index (χ1v) is 9.58. The number of nitriles is 1. The van der Waals surface area contributed by atoms with Crippen LogP contribution in [-0.4, -0.2) is 56.2 Å².